The molecule has 8 rings (SSSR count). The van der Waals surface area contributed by atoms with E-state index in [4.69, 9.17) is 20.8 Å². The van der Waals surface area contributed by atoms with E-state index >= 15 is 0 Å². The largest absolute Gasteiger partial charge is 0.453 e. The summed E-state index contributed by atoms with van der Waals surface area (Å²) in [6.07, 6.45) is 0.977. The van der Waals surface area contributed by atoms with Gasteiger partial charge in [0.2, 0.25) is 5.78 Å². The number of nitrogens with zero attached hydrogens (tertiary/aromatic N) is 1. The third-order valence-electron chi connectivity index (χ3n) is 11.5. The van der Waals surface area contributed by atoms with E-state index in [1.165, 1.54) is 17.7 Å². The number of fused-ring (bicyclic) bond motifs is 8. The maximum atomic E-state index is 14.5. The Kier molecular flexibility index (Phi) is 9.63. The summed E-state index contributed by atoms with van der Waals surface area (Å²) >= 11 is 6.31. The minimum absolute atomic E-state index is 0.0267. The van der Waals surface area contributed by atoms with Gasteiger partial charge in [-0.15, -0.1) is 0 Å². The minimum Gasteiger partial charge on any atom is -0.453 e. The number of rotatable bonds is 5. The lowest BCUT2D eigenvalue weighted by molar-refractivity contribution is -0.137. The summed E-state index contributed by atoms with van der Waals surface area (Å²) in [5.74, 6) is -0.615. The molecule has 3 aliphatic carbocycles. The van der Waals surface area contributed by atoms with Crippen molar-refractivity contribution in [2.75, 3.05) is 6.54 Å². The molecule has 1 saturated carbocycles. The Morgan fingerprint density at radius 1 is 1.02 bits per heavy atom. The molecule has 1 saturated heterocycles. The van der Waals surface area contributed by atoms with Crippen molar-refractivity contribution in [1.82, 2.24) is 4.90 Å². The van der Waals surface area contributed by atoms with Crippen LogP contribution >= 0.6 is 11.6 Å². The van der Waals surface area contributed by atoms with Gasteiger partial charge in [0, 0.05) is 23.1 Å². The number of ketones is 1. The SMILES string of the molecule is CC1=CCCC2(C)C(CCC23CN(Cc2ccccc2)C(=O)O3)c2ccc(cc2C(=O)c2ccc(-c3cc(C(F)(F)F)ccc3Cl)o2)CC(O)CC1. The Balaban J connectivity index is 1.29. The molecule has 4 aromatic rings. The summed E-state index contributed by atoms with van der Waals surface area (Å²) in [7, 11) is 0. The molecule has 3 aromatic carbocycles. The van der Waals surface area contributed by atoms with Crippen molar-refractivity contribution in [2.24, 2.45) is 5.41 Å². The number of hydrogen-bond acceptors (Lipinski definition) is 5. The molecule has 0 radical (unpaired) electrons. The number of hydrogen-bond donors (Lipinski definition) is 1. The molecule has 10 heteroatoms. The fourth-order valence-electron chi connectivity index (χ4n) is 8.54. The first kappa shape index (κ1) is 36.0. The normalized spacial score (nSPS) is 25.2. The zero-order valence-corrected chi connectivity index (χ0v) is 29.9. The van der Waals surface area contributed by atoms with E-state index in [9.17, 15) is 27.9 Å². The molecule has 6 nitrogen and oxygen atoms in total. The third-order valence-corrected chi connectivity index (χ3v) is 11.8. The molecule has 4 aliphatic rings. The molecule has 1 aliphatic heterocycles. The van der Waals surface area contributed by atoms with Gasteiger partial charge in [-0.05, 0) is 111 Å². The minimum atomic E-state index is -4.59. The van der Waals surface area contributed by atoms with Crippen LogP contribution in [0.5, 0.6) is 0 Å². The van der Waals surface area contributed by atoms with Crippen LogP contribution in [0, 0.1) is 5.41 Å². The number of carbonyl (C=O) groups excluding carboxylic acids is 2. The van der Waals surface area contributed by atoms with Gasteiger partial charge in [0.25, 0.3) is 0 Å². The van der Waals surface area contributed by atoms with Crippen LogP contribution in [0.25, 0.3) is 11.3 Å². The molecule has 1 amide bonds. The summed E-state index contributed by atoms with van der Waals surface area (Å²) < 4.78 is 53.1. The smallest absolute Gasteiger partial charge is 0.416 e. The fraction of sp³-hybridized carbons (Fsp3) is 0.381. The standard InChI is InChI=1S/C42H41ClF3NO5/c1-26-7-6-19-40(2)34(18-20-41(40)25-47(39(50)52-41)24-27-8-4-3-5-9-27)31-14-11-28(21-30(48)13-10-26)22-32(31)38(49)37-17-16-36(51-37)33-23-29(42(44,45)46)12-15-35(33)43/h3-5,7-9,11-12,14-17,22-23,30,34,48H,6,10,13,18-21,24-25H2,1-2H3. The van der Waals surface area contributed by atoms with Crippen LogP contribution < -0.4 is 0 Å². The molecule has 272 valence electrons. The molecule has 2 heterocycles. The maximum Gasteiger partial charge on any atom is 0.416 e. The quantitative estimate of drug-likeness (QED) is 0.163. The van der Waals surface area contributed by atoms with E-state index in [1.54, 1.807) is 4.90 Å². The number of allylic oxidation sites excluding steroid dienone is 2. The van der Waals surface area contributed by atoms with Gasteiger partial charge in [-0.1, -0.05) is 72.6 Å². The molecule has 4 atom stereocenters. The van der Waals surface area contributed by atoms with Gasteiger partial charge in [0.05, 0.1) is 23.2 Å². The van der Waals surface area contributed by atoms with Crippen molar-refractivity contribution in [3.05, 3.63) is 129 Å². The van der Waals surface area contributed by atoms with Crippen molar-refractivity contribution in [3.8, 4) is 11.3 Å². The Labute approximate surface area is 306 Å². The molecule has 1 N–H and O–H groups in total. The first-order valence-corrected chi connectivity index (χ1v) is 18.1. The zero-order valence-electron chi connectivity index (χ0n) is 29.1. The van der Waals surface area contributed by atoms with E-state index in [-0.39, 0.29) is 34.1 Å². The number of ether oxygens (including phenoxy) is 1. The molecule has 1 aromatic heterocycles. The van der Waals surface area contributed by atoms with Crippen molar-refractivity contribution >= 4 is 23.5 Å². The predicted molar refractivity (Wildman–Crippen MR) is 192 cm³/mol. The summed E-state index contributed by atoms with van der Waals surface area (Å²) in [6.45, 7) is 5.10. The van der Waals surface area contributed by atoms with Gasteiger partial charge in [0.15, 0.2) is 5.76 Å². The number of carbonyl (C=O) groups is 2. The lowest BCUT2D eigenvalue weighted by atomic mass is 9.65. The van der Waals surface area contributed by atoms with Crippen molar-refractivity contribution < 1.29 is 37.0 Å². The van der Waals surface area contributed by atoms with Crippen molar-refractivity contribution in [3.63, 3.8) is 0 Å². The third kappa shape index (κ3) is 6.81. The highest BCUT2D eigenvalue weighted by Crippen LogP contribution is 2.62. The topological polar surface area (TPSA) is 80.0 Å². The average Bonchev–Trinajstić information content (AvgIpc) is 3.79. The predicted octanol–water partition coefficient (Wildman–Crippen LogP) is 10.5. The molecular weight excluding hydrogens is 691 g/mol. The first-order chi connectivity index (χ1) is 24.8. The Hall–Kier alpha value is -4.34. The number of aliphatic hydroxyl groups excluding tert-OH is 1. The molecular formula is C42H41ClF3NO5. The molecule has 2 bridgehead atoms. The van der Waals surface area contributed by atoms with Crippen LogP contribution in [0.1, 0.15) is 96.7 Å². The summed E-state index contributed by atoms with van der Waals surface area (Å²) in [5, 5.41) is 11.0. The van der Waals surface area contributed by atoms with Crippen molar-refractivity contribution in [1.29, 1.82) is 0 Å². The van der Waals surface area contributed by atoms with Crippen LogP contribution in [0.15, 0.2) is 94.9 Å². The van der Waals surface area contributed by atoms with Gasteiger partial charge < -0.3 is 14.3 Å². The van der Waals surface area contributed by atoms with E-state index in [1.807, 2.05) is 48.5 Å². The number of aliphatic hydroxyl groups is 1. The molecule has 1 spiro atoms. The van der Waals surface area contributed by atoms with Gasteiger partial charge in [-0.25, -0.2) is 4.79 Å². The van der Waals surface area contributed by atoms with E-state index in [0.29, 0.717) is 50.8 Å². The first-order valence-electron chi connectivity index (χ1n) is 17.8. The number of furan rings is 1. The van der Waals surface area contributed by atoms with Crippen LogP contribution in [0.2, 0.25) is 5.02 Å². The van der Waals surface area contributed by atoms with Crippen LogP contribution in [0.3, 0.4) is 0 Å². The second-order valence-electron chi connectivity index (χ2n) is 14.8. The molecule has 4 unspecified atom stereocenters. The number of benzene rings is 3. The van der Waals surface area contributed by atoms with Crippen LogP contribution in [-0.2, 0) is 23.9 Å². The van der Waals surface area contributed by atoms with Gasteiger partial charge in [-0.3, -0.25) is 9.69 Å². The highest BCUT2D eigenvalue weighted by Gasteiger charge is 2.64. The van der Waals surface area contributed by atoms with E-state index in [2.05, 4.69) is 19.9 Å². The fourth-order valence-corrected chi connectivity index (χ4v) is 8.75. The second-order valence-corrected chi connectivity index (χ2v) is 15.2. The van der Waals surface area contributed by atoms with Crippen LogP contribution in [-0.4, -0.2) is 40.1 Å². The van der Waals surface area contributed by atoms with Crippen LogP contribution in [0.4, 0.5) is 18.0 Å². The lowest BCUT2D eigenvalue weighted by Gasteiger charge is -2.43. The maximum absolute atomic E-state index is 14.5. The van der Waals surface area contributed by atoms with E-state index < -0.39 is 34.6 Å². The number of alkyl halides is 3. The average molecular weight is 732 g/mol. The highest BCUT2D eigenvalue weighted by atomic mass is 35.5. The van der Waals surface area contributed by atoms with Crippen molar-refractivity contribution in [2.45, 2.75) is 89.1 Å². The second kappa shape index (κ2) is 13.9. The number of halogens is 4. The molecule has 52 heavy (non-hydrogen) atoms. The Morgan fingerprint density at radius 3 is 2.58 bits per heavy atom. The van der Waals surface area contributed by atoms with Gasteiger partial charge >= 0.3 is 12.3 Å². The summed E-state index contributed by atoms with van der Waals surface area (Å²) in [4.78, 5) is 29.8. The summed E-state index contributed by atoms with van der Waals surface area (Å²) in [6, 6.07) is 21.4. The lowest BCUT2D eigenvalue weighted by Crippen LogP contribution is -2.48. The Bertz CT molecular complexity index is 2020. The monoisotopic (exact) mass is 731 g/mol. The number of amides is 1. The summed E-state index contributed by atoms with van der Waals surface area (Å²) in [5.41, 5.74) is 1.94. The highest BCUT2D eigenvalue weighted by molar-refractivity contribution is 6.33. The van der Waals surface area contributed by atoms with Gasteiger partial charge in [0.1, 0.15) is 11.4 Å². The molecule has 2 fully saturated rings. The van der Waals surface area contributed by atoms with E-state index in [0.717, 1.165) is 47.7 Å². The van der Waals surface area contributed by atoms with Gasteiger partial charge in [-0.2, -0.15) is 13.2 Å². The Morgan fingerprint density at radius 2 is 1.81 bits per heavy atom. The zero-order chi connectivity index (χ0) is 36.8.